The standard InChI is InChI=1S/C8H7Cl2NO3/c1-14-5-2-3-6(8(9)10)7(4-5)11(12)13/h2-4,8H,1H3. The van der Waals surface area contributed by atoms with E-state index in [4.69, 9.17) is 27.9 Å². The number of benzene rings is 1. The smallest absolute Gasteiger partial charge is 0.279 e. The number of alkyl halides is 2. The van der Waals surface area contributed by atoms with Crippen molar-refractivity contribution in [3.63, 3.8) is 0 Å². The molecule has 0 aliphatic heterocycles. The summed E-state index contributed by atoms with van der Waals surface area (Å²) in [5.74, 6) is 0.398. The summed E-state index contributed by atoms with van der Waals surface area (Å²) in [5.41, 5.74) is 0.124. The lowest BCUT2D eigenvalue weighted by molar-refractivity contribution is -0.385. The van der Waals surface area contributed by atoms with Crippen LogP contribution in [0.4, 0.5) is 5.69 Å². The molecule has 0 aromatic heterocycles. The normalized spacial score (nSPS) is 10.3. The van der Waals surface area contributed by atoms with Gasteiger partial charge in [-0.25, -0.2) is 0 Å². The fourth-order valence-corrected chi connectivity index (χ4v) is 1.36. The van der Waals surface area contributed by atoms with Crippen LogP contribution in [0.1, 0.15) is 10.4 Å². The molecule has 0 saturated carbocycles. The Bertz CT molecular complexity index is 354. The van der Waals surface area contributed by atoms with Crippen LogP contribution >= 0.6 is 23.2 Å². The Hall–Kier alpha value is -1.00. The quantitative estimate of drug-likeness (QED) is 0.460. The van der Waals surface area contributed by atoms with E-state index in [-0.39, 0.29) is 11.3 Å². The third-order valence-electron chi connectivity index (χ3n) is 1.67. The molecule has 1 rings (SSSR count). The highest BCUT2D eigenvalue weighted by Crippen LogP contribution is 2.34. The number of ether oxygens (including phenoxy) is 1. The predicted octanol–water partition coefficient (Wildman–Crippen LogP) is 3.08. The summed E-state index contributed by atoms with van der Waals surface area (Å²) < 4.78 is 4.85. The number of halogens is 2. The molecule has 4 nitrogen and oxygen atoms in total. The molecule has 0 fully saturated rings. The lowest BCUT2D eigenvalue weighted by Crippen LogP contribution is -1.95. The highest BCUT2D eigenvalue weighted by atomic mass is 35.5. The Labute approximate surface area is 90.5 Å². The molecule has 0 N–H and O–H groups in total. The average molecular weight is 236 g/mol. The Morgan fingerprint density at radius 2 is 2.14 bits per heavy atom. The molecule has 0 radical (unpaired) electrons. The zero-order chi connectivity index (χ0) is 10.7. The first kappa shape index (κ1) is 11.1. The van der Waals surface area contributed by atoms with Crippen molar-refractivity contribution in [2.75, 3.05) is 7.11 Å². The lowest BCUT2D eigenvalue weighted by Gasteiger charge is -2.05. The van der Waals surface area contributed by atoms with Crippen molar-refractivity contribution in [2.45, 2.75) is 4.84 Å². The van der Waals surface area contributed by atoms with Gasteiger partial charge in [0, 0.05) is 0 Å². The van der Waals surface area contributed by atoms with Gasteiger partial charge in [-0.15, -0.1) is 0 Å². The van der Waals surface area contributed by atoms with Gasteiger partial charge in [0.2, 0.25) is 0 Å². The van der Waals surface area contributed by atoms with E-state index in [1.807, 2.05) is 0 Å². The van der Waals surface area contributed by atoms with E-state index in [2.05, 4.69) is 0 Å². The number of methoxy groups -OCH3 is 1. The number of nitrogens with zero attached hydrogens (tertiary/aromatic N) is 1. The van der Waals surface area contributed by atoms with Crippen molar-refractivity contribution >= 4 is 28.9 Å². The predicted molar refractivity (Wildman–Crippen MR) is 54.1 cm³/mol. The highest BCUT2D eigenvalue weighted by Gasteiger charge is 2.19. The number of rotatable bonds is 3. The van der Waals surface area contributed by atoms with Crippen LogP contribution in [0.15, 0.2) is 18.2 Å². The summed E-state index contributed by atoms with van der Waals surface area (Å²) in [5, 5.41) is 10.6. The molecule has 0 atom stereocenters. The minimum absolute atomic E-state index is 0.139. The lowest BCUT2D eigenvalue weighted by atomic mass is 10.2. The zero-order valence-corrected chi connectivity index (χ0v) is 8.75. The van der Waals surface area contributed by atoms with E-state index in [1.165, 1.54) is 19.2 Å². The average Bonchev–Trinajstić information content (AvgIpc) is 2.16. The molecule has 14 heavy (non-hydrogen) atoms. The molecule has 0 unspecified atom stereocenters. The van der Waals surface area contributed by atoms with Crippen molar-refractivity contribution in [1.82, 2.24) is 0 Å². The highest BCUT2D eigenvalue weighted by molar-refractivity contribution is 6.44. The number of hydrogen-bond acceptors (Lipinski definition) is 3. The third-order valence-corrected chi connectivity index (χ3v) is 2.14. The first-order valence-corrected chi connectivity index (χ1v) is 4.54. The van der Waals surface area contributed by atoms with Gasteiger partial charge in [0.1, 0.15) is 10.6 Å². The fourth-order valence-electron chi connectivity index (χ4n) is 0.993. The summed E-state index contributed by atoms with van der Waals surface area (Å²) in [4.78, 5) is 9.17. The van der Waals surface area contributed by atoms with Gasteiger partial charge < -0.3 is 4.74 Å². The summed E-state index contributed by atoms with van der Waals surface area (Å²) in [6, 6.07) is 4.33. The van der Waals surface area contributed by atoms with Crippen molar-refractivity contribution in [2.24, 2.45) is 0 Å². The van der Waals surface area contributed by atoms with Crippen molar-refractivity contribution in [3.05, 3.63) is 33.9 Å². The minimum Gasteiger partial charge on any atom is -0.497 e. The van der Waals surface area contributed by atoms with Gasteiger partial charge in [-0.1, -0.05) is 23.2 Å². The topological polar surface area (TPSA) is 52.4 Å². The molecule has 0 bridgehead atoms. The van der Waals surface area contributed by atoms with Gasteiger partial charge in [0.25, 0.3) is 5.69 Å². The fraction of sp³-hybridized carbons (Fsp3) is 0.250. The number of nitro benzene ring substituents is 1. The molecule has 76 valence electrons. The Balaban J connectivity index is 3.24. The minimum atomic E-state index is -0.915. The van der Waals surface area contributed by atoms with E-state index < -0.39 is 9.76 Å². The van der Waals surface area contributed by atoms with Crippen LogP contribution in [0.25, 0.3) is 0 Å². The van der Waals surface area contributed by atoms with Crippen LogP contribution in [0, 0.1) is 10.1 Å². The first-order valence-electron chi connectivity index (χ1n) is 3.66. The summed E-state index contributed by atoms with van der Waals surface area (Å²) >= 11 is 11.1. The summed E-state index contributed by atoms with van der Waals surface area (Å²) in [7, 11) is 1.43. The maximum absolute atomic E-state index is 10.6. The largest absolute Gasteiger partial charge is 0.497 e. The van der Waals surface area contributed by atoms with E-state index in [9.17, 15) is 10.1 Å². The maximum atomic E-state index is 10.6. The van der Waals surface area contributed by atoms with Crippen LogP contribution in [0.5, 0.6) is 5.75 Å². The van der Waals surface area contributed by atoms with Crippen molar-refractivity contribution in [1.29, 1.82) is 0 Å². The second-order valence-electron chi connectivity index (χ2n) is 2.48. The Morgan fingerprint density at radius 3 is 2.57 bits per heavy atom. The van der Waals surface area contributed by atoms with Crippen LogP contribution in [-0.4, -0.2) is 12.0 Å². The van der Waals surface area contributed by atoms with E-state index >= 15 is 0 Å². The molecule has 0 saturated heterocycles. The molecular formula is C8H7Cl2NO3. The molecule has 1 aromatic rings. The molecular weight excluding hydrogens is 229 g/mol. The Morgan fingerprint density at radius 1 is 1.50 bits per heavy atom. The van der Waals surface area contributed by atoms with Crippen LogP contribution in [-0.2, 0) is 0 Å². The van der Waals surface area contributed by atoms with Crippen molar-refractivity contribution in [3.8, 4) is 5.75 Å². The van der Waals surface area contributed by atoms with E-state index in [0.29, 0.717) is 5.75 Å². The monoisotopic (exact) mass is 235 g/mol. The molecule has 1 aromatic carbocycles. The van der Waals surface area contributed by atoms with Crippen LogP contribution in [0.3, 0.4) is 0 Å². The SMILES string of the molecule is COc1ccc(C(Cl)Cl)c([N+](=O)[O-])c1. The zero-order valence-electron chi connectivity index (χ0n) is 7.24. The molecule has 6 heteroatoms. The second kappa shape index (κ2) is 4.48. The Kier molecular flexibility index (Phi) is 3.55. The second-order valence-corrected chi connectivity index (χ2v) is 3.58. The molecule has 0 aliphatic carbocycles. The molecule has 0 spiro atoms. The van der Waals surface area contributed by atoms with Gasteiger partial charge >= 0.3 is 0 Å². The molecule has 0 amide bonds. The molecule has 0 heterocycles. The van der Waals surface area contributed by atoms with Crippen molar-refractivity contribution < 1.29 is 9.66 Å². The number of nitro groups is 1. The summed E-state index contributed by atoms with van der Waals surface area (Å²) in [6.07, 6.45) is 0. The van der Waals surface area contributed by atoms with Gasteiger partial charge in [0.15, 0.2) is 0 Å². The van der Waals surface area contributed by atoms with Gasteiger partial charge in [-0.2, -0.15) is 0 Å². The maximum Gasteiger partial charge on any atom is 0.279 e. The first-order chi connectivity index (χ1) is 6.56. The number of hydrogen-bond donors (Lipinski definition) is 0. The van der Waals surface area contributed by atoms with Gasteiger partial charge in [-0.3, -0.25) is 10.1 Å². The van der Waals surface area contributed by atoms with E-state index in [1.54, 1.807) is 6.07 Å². The van der Waals surface area contributed by atoms with Crippen LogP contribution < -0.4 is 4.74 Å². The van der Waals surface area contributed by atoms with Crippen LogP contribution in [0.2, 0.25) is 0 Å². The third kappa shape index (κ3) is 2.27. The van der Waals surface area contributed by atoms with E-state index in [0.717, 1.165) is 0 Å². The van der Waals surface area contributed by atoms with Gasteiger partial charge in [-0.05, 0) is 12.1 Å². The molecule has 0 aliphatic rings. The summed E-state index contributed by atoms with van der Waals surface area (Å²) in [6.45, 7) is 0. The van der Waals surface area contributed by atoms with Gasteiger partial charge in [0.05, 0.1) is 23.7 Å².